The molecular formula is C21H20ClN3O. The standard InChI is InChI=1S/C21H20ClN3O/c22-18-6-2-1-5-17(18)19-13-20(26)24-21(23-19)16-9-7-15(8-10-16)14-25-11-3-4-12-25/h1-2,5-10,13H,3-4,11-12,14H2,(H,23,24,26). The summed E-state index contributed by atoms with van der Waals surface area (Å²) in [6.07, 6.45) is 2.58. The monoisotopic (exact) mass is 365 g/mol. The fraction of sp³-hybridized carbons (Fsp3) is 0.238. The Kier molecular flexibility index (Phi) is 4.87. The van der Waals surface area contributed by atoms with Gasteiger partial charge in [-0.1, -0.05) is 54.1 Å². The second-order valence-electron chi connectivity index (χ2n) is 6.64. The van der Waals surface area contributed by atoms with Crippen LogP contribution >= 0.6 is 11.6 Å². The first-order valence-corrected chi connectivity index (χ1v) is 9.25. The molecule has 0 atom stereocenters. The van der Waals surface area contributed by atoms with E-state index in [9.17, 15) is 4.79 Å². The Morgan fingerprint density at radius 2 is 1.77 bits per heavy atom. The molecule has 0 radical (unpaired) electrons. The van der Waals surface area contributed by atoms with Gasteiger partial charge in [0.2, 0.25) is 0 Å². The Morgan fingerprint density at radius 1 is 1.04 bits per heavy atom. The molecule has 0 aliphatic carbocycles. The quantitative estimate of drug-likeness (QED) is 0.747. The molecule has 2 aromatic carbocycles. The Bertz CT molecular complexity index is 959. The highest BCUT2D eigenvalue weighted by Crippen LogP contribution is 2.26. The molecular weight excluding hydrogens is 346 g/mol. The minimum absolute atomic E-state index is 0.189. The van der Waals surface area contributed by atoms with Crippen molar-refractivity contribution in [3.05, 3.63) is 75.5 Å². The van der Waals surface area contributed by atoms with Gasteiger partial charge in [-0.3, -0.25) is 9.69 Å². The largest absolute Gasteiger partial charge is 0.306 e. The van der Waals surface area contributed by atoms with E-state index in [0.717, 1.165) is 17.7 Å². The van der Waals surface area contributed by atoms with E-state index in [1.165, 1.54) is 37.6 Å². The molecule has 1 fully saturated rings. The molecule has 1 aliphatic heterocycles. The summed E-state index contributed by atoms with van der Waals surface area (Å²) in [4.78, 5) is 22.0. The Labute approximate surface area is 157 Å². The third kappa shape index (κ3) is 3.71. The first kappa shape index (κ1) is 17.0. The van der Waals surface area contributed by atoms with Crippen molar-refractivity contribution in [2.75, 3.05) is 13.1 Å². The molecule has 0 unspecified atom stereocenters. The predicted octanol–water partition coefficient (Wildman–Crippen LogP) is 4.35. The first-order chi connectivity index (χ1) is 12.7. The molecule has 3 aromatic rings. The molecule has 26 heavy (non-hydrogen) atoms. The van der Waals surface area contributed by atoms with E-state index in [0.29, 0.717) is 16.5 Å². The summed E-state index contributed by atoms with van der Waals surface area (Å²) in [6, 6.07) is 17.1. The fourth-order valence-corrected chi connectivity index (χ4v) is 3.60. The lowest BCUT2D eigenvalue weighted by Gasteiger charge is -2.14. The summed E-state index contributed by atoms with van der Waals surface area (Å²) in [5.41, 5.74) is 3.31. The predicted molar refractivity (Wildman–Crippen MR) is 105 cm³/mol. The summed E-state index contributed by atoms with van der Waals surface area (Å²) in [6.45, 7) is 3.33. The van der Waals surface area contributed by atoms with Crippen molar-refractivity contribution in [1.82, 2.24) is 14.9 Å². The van der Waals surface area contributed by atoms with Gasteiger partial charge in [0.15, 0.2) is 0 Å². The number of nitrogens with one attached hydrogen (secondary N) is 1. The Balaban J connectivity index is 1.63. The van der Waals surface area contributed by atoms with Crippen LogP contribution < -0.4 is 5.56 Å². The van der Waals surface area contributed by atoms with E-state index >= 15 is 0 Å². The van der Waals surface area contributed by atoms with Crippen molar-refractivity contribution < 1.29 is 0 Å². The van der Waals surface area contributed by atoms with Gasteiger partial charge in [0.25, 0.3) is 5.56 Å². The van der Waals surface area contributed by atoms with Crippen LogP contribution in [0.3, 0.4) is 0 Å². The van der Waals surface area contributed by atoms with Crippen molar-refractivity contribution in [3.63, 3.8) is 0 Å². The summed E-state index contributed by atoms with van der Waals surface area (Å²) < 4.78 is 0. The normalized spacial score (nSPS) is 14.7. The fourth-order valence-electron chi connectivity index (χ4n) is 3.37. The van der Waals surface area contributed by atoms with E-state index in [1.54, 1.807) is 6.07 Å². The number of rotatable bonds is 4. The minimum Gasteiger partial charge on any atom is -0.306 e. The maximum Gasteiger partial charge on any atom is 0.251 e. The maximum atomic E-state index is 12.1. The van der Waals surface area contributed by atoms with Crippen LogP contribution in [0.2, 0.25) is 5.02 Å². The molecule has 132 valence electrons. The zero-order valence-electron chi connectivity index (χ0n) is 14.4. The number of aromatic nitrogens is 2. The Hall–Kier alpha value is -2.43. The number of likely N-dealkylation sites (tertiary alicyclic amines) is 1. The summed E-state index contributed by atoms with van der Waals surface area (Å²) >= 11 is 6.25. The number of hydrogen-bond donors (Lipinski definition) is 1. The van der Waals surface area contributed by atoms with Crippen molar-refractivity contribution in [3.8, 4) is 22.6 Å². The molecule has 1 aromatic heterocycles. The molecule has 0 spiro atoms. The maximum absolute atomic E-state index is 12.1. The molecule has 5 heteroatoms. The van der Waals surface area contributed by atoms with Crippen molar-refractivity contribution in [2.45, 2.75) is 19.4 Å². The molecule has 4 rings (SSSR count). The van der Waals surface area contributed by atoms with Gasteiger partial charge in [0, 0.05) is 28.8 Å². The highest BCUT2D eigenvalue weighted by atomic mass is 35.5. The number of nitrogens with zero attached hydrogens (tertiary/aromatic N) is 2. The van der Waals surface area contributed by atoms with Gasteiger partial charge in [-0.2, -0.15) is 0 Å². The SMILES string of the molecule is O=c1cc(-c2ccccc2Cl)nc(-c2ccc(CN3CCCC3)cc2)[nH]1. The van der Waals surface area contributed by atoms with Crippen molar-refractivity contribution >= 4 is 11.6 Å². The minimum atomic E-state index is -0.189. The number of benzene rings is 2. The van der Waals surface area contributed by atoms with Crippen LogP contribution in [0.25, 0.3) is 22.6 Å². The van der Waals surface area contributed by atoms with E-state index < -0.39 is 0 Å². The van der Waals surface area contributed by atoms with E-state index in [-0.39, 0.29) is 5.56 Å². The van der Waals surface area contributed by atoms with Crippen LogP contribution in [0, 0.1) is 0 Å². The zero-order valence-corrected chi connectivity index (χ0v) is 15.2. The molecule has 0 amide bonds. The third-order valence-corrected chi connectivity index (χ3v) is 5.05. The van der Waals surface area contributed by atoms with Gasteiger partial charge in [0.05, 0.1) is 5.69 Å². The average molecular weight is 366 g/mol. The van der Waals surface area contributed by atoms with E-state index in [2.05, 4.69) is 27.0 Å². The molecule has 1 N–H and O–H groups in total. The van der Waals surface area contributed by atoms with Crippen LogP contribution in [0.5, 0.6) is 0 Å². The lowest BCUT2D eigenvalue weighted by molar-refractivity contribution is 0.331. The van der Waals surface area contributed by atoms with Crippen LogP contribution in [0.1, 0.15) is 18.4 Å². The lowest BCUT2D eigenvalue weighted by atomic mass is 10.1. The summed E-state index contributed by atoms with van der Waals surface area (Å²) in [7, 11) is 0. The van der Waals surface area contributed by atoms with Gasteiger partial charge in [0.1, 0.15) is 5.82 Å². The summed E-state index contributed by atoms with van der Waals surface area (Å²) in [5, 5.41) is 0.581. The van der Waals surface area contributed by atoms with Gasteiger partial charge in [-0.05, 0) is 37.6 Å². The number of H-pyrrole nitrogens is 1. The van der Waals surface area contributed by atoms with E-state index in [4.69, 9.17) is 11.6 Å². The molecule has 0 bridgehead atoms. The summed E-state index contributed by atoms with van der Waals surface area (Å²) in [5.74, 6) is 0.556. The van der Waals surface area contributed by atoms with Gasteiger partial charge in [-0.15, -0.1) is 0 Å². The topological polar surface area (TPSA) is 49.0 Å². The van der Waals surface area contributed by atoms with Gasteiger partial charge >= 0.3 is 0 Å². The zero-order chi connectivity index (χ0) is 17.9. The molecule has 2 heterocycles. The van der Waals surface area contributed by atoms with Crippen LogP contribution in [0.15, 0.2) is 59.4 Å². The second-order valence-corrected chi connectivity index (χ2v) is 7.05. The van der Waals surface area contributed by atoms with Gasteiger partial charge < -0.3 is 4.98 Å². The first-order valence-electron chi connectivity index (χ1n) is 8.87. The molecule has 0 saturated carbocycles. The van der Waals surface area contributed by atoms with Gasteiger partial charge in [-0.25, -0.2) is 4.98 Å². The number of halogens is 1. The highest BCUT2D eigenvalue weighted by Gasteiger charge is 2.12. The second kappa shape index (κ2) is 7.44. The van der Waals surface area contributed by atoms with Crippen LogP contribution in [0.4, 0.5) is 0 Å². The number of aromatic amines is 1. The van der Waals surface area contributed by atoms with E-state index in [1.807, 2.05) is 30.3 Å². The van der Waals surface area contributed by atoms with Crippen molar-refractivity contribution in [2.24, 2.45) is 0 Å². The molecule has 1 saturated heterocycles. The smallest absolute Gasteiger partial charge is 0.251 e. The molecule has 4 nitrogen and oxygen atoms in total. The van der Waals surface area contributed by atoms with Crippen molar-refractivity contribution in [1.29, 1.82) is 0 Å². The lowest BCUT2D eigenvalue weighted by Crippen LogP contribution is -2.18. The van der Waals surface area contributed by atoms with Crippen LogP contribution in [-0.4, -0.2) is 28.0 Å². The number of hydrogen-bond acceptors (Lipinski definition) is 3. The Morgan fingerprint density at radius 3 is 2.50 bits per heavy atom. The highest BCUT2D eigenvalue weighted by molar-refractivity contribution is 6.33. The van der Waals surface area contributed by atoms with Crippen LogP contribution in [-0.2, 0) is 6.54 Å². The average Bonchev–Trinajstić information content (AvgIpc) is 3.15. The third-order valence-electron chi connectivity index (χ3n) is 4.72. The molecule has 1 aliphatic rings.